The Balaban J connectivity index is 4.18. The molecule has 0 saturated carbocycles. The fourth-order valence-electron chi connectivity index (χ4n) is 1.50. The number of hydrogen-bond acceptors (Lipinski definition) is 3. The zero-order valence-electron chi connectivity index (χ0n) is 10.8. The van der Waals surface area contributed by atoms with E-state index in [2.05, 4.69) is 11.9 Å². The molecule has 0 rings (SSSR count). The summed E-state index contributed by atoms with van der Waals surface area (Å²) in [5.74, 6) is -0.944. The Hall–Kier alpha value is -1.56. The molecular weight excluding hydrogens is 236 g/mol. The molecule has 0 aromatic heterocycles. The number of urea groups is 1. The van der Waals surface area contributed by atoms with Crippen LogP contribution in [0.4, 0.5) is 4.79 Å². The molecule has 1 unspecified atom stereocenters. The SMILES string of the molecule is C=CCN(CCO)C(=O)NCC(CC)CC(=O)O. The van der Waals surface area contributed by atoms with E-state index in [0.717, 1.165) is 0 Å². The van der Waals surface area contributed by atoms with Crippen LogP contribution >= 0.6 is 0 Å². The van der Waals surface area contributed by atoms with Crippen molar-refractivity contribution in [2.75, 3.05) is 26.2 Å². The molecule has 0 radical (unpaired) electrons. The highest BCUT2D eigenvalue weighted by molar-refractivity contribution is 5.74. The van der Waals surface area contributed by atoms with Gasteiger partial charge in [0.1, 0.15) is 0 Å². The molecule has 0 saturated heterocycles. The molecule has 0 aliphatic heterocycles. The quantitative estimate of drug-likeness (QED) is 0.530. The van der Waals surface area contributed by atoms with Crippen molar-refractivity contribution >= 4 is 12.0 Å². The van der Waals surface area contributed by atoms with Crippen LogP contribution in [-0.2, 0) is 4.79 Å². The number of carboxylic acid groups (broad SMARTS) is 1. The monoisotopic (exact) mass is 258 g/mol. The van der Waals surface area contributed by atoms with E-state index in [4.69, 9.17) is 10.2 Å². The molecule has 3 N–H and O–H groups in total. The Morgan fingerprint density at radius 1 is 1.50 bits per heavy atom. The standard InChI is InChI=1S/C12H22N2O4/c1-3-5-14(6-7-15)12(18)13-9-10(4-2)8-11(16)17/h3,10,15H,1,4-9H2,2H3,(H,13,18)(H,16,17). The highest BCUT2D eigenvalue weighted by Crippen LogP contribution is 2.06. The number of rotatable bonds is 9. The van der Waals surface area contributed by atoms with Crippen molar-refractivity contribution in [2.24, 2.45) is 5.92 Å². The zero-order valence-corrected chi connectivity index (χ0v) is 10.8. The van der Waals surface area contributed by atoms with Crippen LogP contribution in [0, 0.1) is 5.92 Å². The number of hydrogen-bond donors (Lipinski definition) is 3. The summed E-state index contributed by atoms with van der Waals surface area (Å²) in [6.07, 6.45) is 2.30. The highest BCUT2D eigenvalue weighted by Gasteiger charge is 2.15. The smallest absolute Gasteiger partial charge is 0.317 e. The molecule has 6 heteroatoms. The molecular formula is C12H22N2O4. The molecule has 0 aromatic rings. The fraction of sp³-hybridized carbons (Fsp3) is 0.667. The van der Waals surface area contributed by atoms with Crippen LogP contribution in [0.3, 0.4) is 0 Å². The van der Waals surface area contributed by atoms with Crippen LogP contribution in [0.15, 0.2) is 12.7 Å². The molecule has 6 nitrogen and oxygen atoms in total. The third kappa shape index (κ3) is 6.90. The van der Waals surface area contributed by atoms with Crippen LogP contribution < -0.4 is 5.32 Å². The highest BCUT2D eigenvalue weighted by atomic mass is 16.4. The average molecular weight is 258 g/mol. The van der Waals surface area contributed by atoms with Gasteiger partial charge in [-0.15, -0.1) is 6.58 Å². The summed E-state index contributed by atoms with van der Waals surface area (Å²) < 4.78 is 0. The van der Waals surface area contributed by atoms with Gasteiger partial charge in [0, 0.05) is 26.1 Å². The number of carboxylic acids is 1. The van der Waals surface area contributed by atoms with Gasteiger partial charge < -0.3 is 20.4 Å². The number of aliphatic hydroxyl groups excluding tert-OH is 1. The van der Waals surface area contributed by atoms with Gasteiger partial charge in [-0.3, -0.25) is 4.79 Å². The van der Waals surface area contributed by atoms with E-state index in [1.807, 2.05) is 6.92 Å². The van der Waals surface area contributed by atoms with Crippen molar-refractivity contribution in [2.45, 2.75) is 19.8 Å². The lowest BCUT2D eigenvalue weighted by atomic mass is 10.0. The van der Waals surface area contributed by atoms with Crippen molar-refractivity contribution in [1.82, 2.24) is 10.2 Å². The van der Waals surface area contributed by atoms with Crippen molar-refractivity contribution in [3.8, 4) is 0 Å². The number of carbonyl (C=O) groups is 2. The molecule has 0 aliphatic rings. The van der Waals surface area contributed by atoms with Gasteiger partial charge >= 0.3 is 12.0 Å². The molecule has 104 valence electrons. The van der Waals surface area contributed by atoms with Crippen LogP contribution in [0.2, 0.25) is 0 Å². The molecule has 1 atom stereocenters. The Kier molecular flexibility index (Phi) is 8.65. The van der Waals surface area contributed by atoms with E-state index in [9.17, 15) is 9.59 Å². The van der Waals surface area contributed by atoms with Gasteiger partial charge in [-0.25, -0.2) is 4.79 Å². The van der Waals surface area contributed by atoms with Gasteiger partial charge in [0.2, 0.25) is 0 Å². The maximum absolute atomic E-state index is 11.7. The second-order valence-corrected chi connectivity index (χ2v) is 4.02. The first kappa shape index (κ1) is 16.4. The zero-order chi connectivity index (χ0) is 14.0. The number of carbonyl (C=O) groups excluding carboxylic acids is 1. The number of aliphatic hydroxyl groups is 1. The van der Waals surface area contributed by atoms with Crippen LogP contribution in [0.1, 0.15) is 19.8 Å². The van der Waals surface area contributed by atoms with Crippen molar-refractivity contribution in [3.63, 3.8) is 0 Å². The van der Waals surface area contributed by atoms with Crippen molar-refractivity contribution in [1.29, 1.82) is 0 Å². The summed E-state index contributed by atoms with van der Waals surface area (Å²) in [5.41, 5.74) is 0. The molecule has 0 aromatic carbocycles. The van der Waals surface area contributed by atoms with E-state index in [0.29, 0.717) is 19.5 Å². The maximum atomic E-state index is 11.7. The Morgan fingerprint density at radius 2 is 2.17 bits per heavy atom. The van der Waals surface area contributed by atoms with Gasteiger partial charge in [-0.1, -0.05) is 19.4 Å². The molecule has 2 amide bonds. The lowest BCUT2D eigenvalue weighted by Crippen LogP contribution is -2.43. The topological polar surface area (TPSA) is 89.9 Å². The summed E-state index contributed by atoms with van der Waals surface area (Å²) in [6, 6.07) is -0.312. The van der Waals surface area contributed by atoms with Gasteiger partial charge in [0.05, 0.1) is 6.61 Å². The van der Waals surface area contributed by atoms with Gasteiger partial charge in [-0.05, 0) is 5.92 Å². The second kappa shape index (κ2) is 9.47. The summed E-state index contributed by atoms with van der Waals surface area (Å²) in [6.45, 7) is 6.20. The van der Waals surface area contributed by atoms with E-state index >= 15 is 0 Å². The van der Waals surface area contributed by atoms with E-state index in [1.54, 1.807) is 6.08 Å². The Labute approximate surface area is 107 Å². The van der Waals surface area contributed by atoms with Gasteiger partial charge in [0.25, 0.3) is 0 Å². The summed E-state index contributed by atoms with van der Waals surface area (Å²) >= 11 is 0. The molecule has 0 fully saturated rings. The van der Waals surface area contributed by atoms with Crippen molar-refractivity contribution < 1.29 is 19.8 Å². The lowest BCUT2D eigenvalue weighted by Gasteiger charge is -2.22. The van der Waals surface area contributed by atoms with E-state index < -0.39 is 5.97 Å². The van der Waals surface area contributed by atoms with Gasteiger partial charge in [0.15, 0.2) is 0 Å². The van der Waals surface area contributed by atoms with Crippen LogP contribution in [-0.4, -0.2) is 53.4 Å². The Morgan fingerprint density at radius 3 is 2.61 bits per heavy atom. The summed E-state index contributed by atoms with van der Waals surface area (Å²) in [5, 5.41) is 20.2. The molecule has 18 heavy (non-hydrogen) atoms. The fourth-order valence-corrected chi connectivity index (χ4v) is 1.50. The first-order valence-corrected chi connectivity index (χ1v) is 6.01. The minimum Gasteiger partial charge on any atom is -0.481 e. The molecule has 0 spiro atoms. The first-order valence-electron chi connectivity index (χ1n) is 6.01. The predicted molar refractivity (Wildman–Crippen MR) is 68.3 cm³/mol. The molecule has 0 heterocycles. The normalized spacial score (nSPS) is 11.7. The second-order valence-electron chi connectivity index (χ2n) is 4.02. The maximum Gasteiger partial charge on any atom is 0.317 e. The summed E-state index contributed by atoms with van der Waals surface area (Å²) in [7, 11) is 0. The van der Waals surface area contributed by atoms with E-state index in [-0.39, 0.29) is 31.5 Å². The minimum absolute atomic E-state index is 0.0399. The number of nitrogens with zero attached hydrogens (tertiary/aromatic N) is 1. The minimum atomic E-state index is -0.866. The summed E-state index contributed by atoms with van der Waals surface area (Å²) in [4.78, 5) is 23.7. The number of amides is 2. The molecule has 0 bridgehead atoms. The lowest BCUT2D eigenvalue weighted by molar-refractivity contribution is -0.138. The number of aliphatic carboxylic acids is 1. The third-order valence-electron chi connectivity index (χ3n) is 2.59. The van der Waals surface area contributed by atoms with Gasteiger partial charge in [-0.2, -0.15) is 0 Å². The number of nitrogens with one attached hydrogen (secondary N) is 1. The predicted octanol–water partition coefficient (Wildman–Crippen LogP) is 0.677. The average Bonchev–Trinajstić information content (AvgIpc) is 2.33. The van der Waals surface area contributed by atoms with Crippen LogP contribution in [0.5, 0.6) is 0 Å². The third-order valence-corrected chi connectivity index (χ3v) is 2.59. The Bertz CT molecular complexity index is 281. The largest absolute Gasteiger partial charge is 0.481 e. The molecule has 0 aliphatic carbocycles. The van der Waals surface area contributed by atoms with Crippen molar-refractivity contribution in [3.05, 3.63) is 12.7 Å². The van der Waals surface area contributed by atoms with E-state index in [1.165, 1.54) is 4.90 Å². The first-order chi connectivity index (χ1) is 8.54. The van der Waals surface area contributed by atoms with Crippen LogP contribution in [0.25, 0.3) is 0 Å².